The van der Waals surface area contributed by atoms with Crippen molar-refractivity contribution in [1.82, 2.24) is 4.98 Å². The van der Waals surface area contributed by atoms with E-state index in [2.05, 4.69) is 4.98 Å². The number of H-pyrrole nitrogens is 1. The first kappa shape index (κ1) is 14.0. The number of aromatic amines is 1. The lowest BCUT2D eigenvalue weighted by Crippen LogP contribution is -2.13. The Kier molecular flexibility index (Phi) is 3.45. The number of carboxylic acid groups (broad SMARTS) is 1. The number of halogens is 2. The minimum Gasteiger partial charge on any atom is -0.477 e. The Labute approximate surface area is 112 Å². The average Bonchev–Trinajstić information content (AvgIpc) is 2.84. The molecule has 0 aliphatic heterocycles. The van der Waals surface area contributed by atoms with Crippen molar-refractivity contribution in [2.24, 2.45) is 0 Å². The fourth-order valence-corrected chi connectivity index (χ4v) is 2.48. The Hall–Kier alpha value is -2.42. The fraction of sp³-hybridized carbons (Fsp3) is 0. The van der Waals surface area contributed by atoms with Gasteiger partial charge in [0.15, 0.2) is 0 Å². The number of hydrogen-bond acceptors (Lipinski definition) is 3. The van der Waals surface area contributed by atoms with Gasteiger partial charge < -0.3 is 10.1 Å². The third-order valence-corrected chi connectivity index (χ3v) is 3.71. The second kappa shape index (κ2) is 4.93. The van der Waals surface area contributed by atoms with E-state index in [9.17, 15) is 22.0 Å². The summed E-state index contributed by atoms with van der Waals surface area (Å²) in [5, 5.41) is 8.68. The van der Waals surface area contributed by atoms with Gasteiger partial charge in [-0.15, -0.1) is 0 Å². The predicted molar refractivity (Wildman–Crippen MR) is 64.9 cm³/mol. The maximum Gasteiger partial charge on any atom is 0.352 e. The Morgan fingerprint density at radius 1 is 1.25 bits per heavy atom. The molecule has 0 atom stereocenters. The zero-order chi connectivity index (χ0) is 14.9. The second-order valence-electron chi connectivity index (χ2n) is 3.78. The van der Waals surface area contributed by atoms with Crippen LogP contribution < -0.4 is 4.72 Å². The molecule has 0 saturated heterocycles. The summed E-state index contributed by atoms with van der Waals surface area (Å²) in [6.45, 7) is 0. The molecular formula is C11H8F2N2O4S. The molecule has 1 heterocycles. The van der Waals surface area contributed by atoms with Gasteiger partial charge in [0, 0.05) is 12.3 Å². The molecule has 0 aliphatic carbocycles. The van der Waals surface area contributed by atoms with Gasteiger partial charge in [0.1, 0.15) is 22.2 Å². The first-order valence-corrected chi connectivity index (χ1v) is 6.67. The van der Waals surface area contributed by atoms with Crippen molar-refractivity contribution in [1.29, 1.82) is 0 Å². The number of anilines is 1. The van der Waals surface area contributed by atoms with Crippen molar-refractivity contribution >= 4 is 21.7 Å². The van der Waals surface area contributed by atoms with Crippen molar-refractivity contribution in [2.75, 3.05) is 4.72 Å². The molecule has 2 rings (SSSR count). The van der Waals surface area contributed by atoms with Crippen LogP contribution in [0.25, 0.3) is 0 Å². The normalized spacial score (nSPS) is 11.3. The molecule has 20 heavy (non-hydrogen) atoms. The lowest BCUT2D eigenvalue weighted by atomic mass is 10.3. The summed E-state index contributed by atoms with van der Waals surface area (Å²) < 4.78 is 51.9. The highest BCUT2D eigenvalue weighted by molar-refractivity contribution is 7.92. The molecule has 2 aromatic rings. The third-order valence-electron chi connectivity index (χ3n) is 2.37. The molecule has 0 fully saturated rings. The van der Waals surface area contributed by atoms with E-state index in [0.29, 0.717) is 6.07 Å². The SMILES string of the molecule is O=C(O)c1cc(S(=O)(=O)Nc2cc(F)ccc2F)c[nH]1. The minimum absolute atomic E-state index is 0.343. The maximum absolute atomic E-state index is 13.4. The first-order chi connectivity index (χ1) is 9.29. The molecule has 0 spiro atoms. The van der Waals surface area contributed by atoms with Crippen LogP contribution in [0.2, 0.25) is 0 Å². The van der Waals surface area contributed by atoms with E-state index >= 15 is 0 Å². The molecule has 1 aromatic heterocycles. The zero-order valence-corrected chi connectivity index (χ0v) is 10.5. The van der Waals surface area contributed by atoms with Crippen LogP contribution in [-0.2, 0) is 10.0 Å². The summed E-state index contributed by atoms with van der Waals surface area (Å²) in [4.78, 5) is 12.5. The van der Waals surface area contributed by atoms with Gasteiger partial charge >= 0.3 is 5.97 Å². The summed E-state index contributed by atoms with van der Waals surface area (Å²) >= 11 is 0. The van der Waals surface area contributed by atoms with E-state index in [1.165, 1.54) is 0 Å². The second-order valence-corrected chi connectivity index (χ2v) is 5.47. The number of rotatable bonds is 4. The van der Waals surface area contributed by atoms with Gasteiger partial charge in [0.25, 0.3) is 10.0 Å². The third kappa shape index (κ3) is 2.77. The van der Waals surface area contributed by atoms with E-state index in [1.54, 1.807) is 0 Å². The number of carboxylic acids is 1. The van der Waals surface area contributed by atoms with Crippen molar-refractivity contribution in [3.8, 4) is 0 Å². The van der Waals surface area contributed by atoms with Gasteiger partial charge in [-0.2, -0.15) is 0 Å². The van der Waals surface area contributed by atoms with Gasteiger partial charge in [0.05, 0.1) is 5.69 Å². The van der Waals surface area contributed by atoms with Crippen LogP contribution in [0.4, 0.5) is 14.5 Å². The number of aromatic nitrogens is 1. The molecule has 0 radical (unpaired) electrons. The number of sulfonamides is 1. The summed E-state index contributed by atoms with van der Waals surface area (Å²) in [6, 6.07) is 3.15. The number of nitrogens with one attached hydrogen (secondary N) is 2. The monoisotopic (exact) mass is 302 g/mol. The fourth-order valence-electron chi connectivity index (χ4n) is 1.43. The van der Waals surface area contributed by atoms with E-state index in [0.717, 1.165) is 24.4 Å². The van der Waals surface area contributed by atoms with Gasteiger partial charge in [-0.1, -0.05) is 0 Å². The Bertz CT molecular complexity index is 770. The van der Waals surface area contributed by atoms with Crippen LogP contribution in [0.1, 0.15) is 10.5 Å². The molecule has 1 aromatic carbocycles. The number of hydrogen-bond donors (Lipinski definition) is 3. The number of carbonyl (C=O) groups is 1. The molecule has 106 valence electrons. The summed E-state index contributed by atoms with van der Waals surface area (Å²) in [5.41, 5.74) is -0.909. The quantitative estimate of drug-likeness (QED) is 0.801. The van der Waals surface area contributed by atoms with Gasteiger partial charge in [-0.3, -0.25) is 4.72 Å². The van der Waals surface area contributed by atoms with Crippen LogP contribution in [0, 0.1) is 11.6 Å². The van der Waals surface area contributed by atoms with Crippen molar-refractivity contribution < 1.29 is 27.1 Å². The maximum atomic E-state index is 13.4. The van der Waals surface area contributed by atoms with Crippen LogP contribution in [0.5, 0.6) is 0 Å². The van der Waals surface area contributed by atoms with E-state index < -0.39 is 38.2 Å². The van der Waals surface area contributed by atoms with Crippen LogP contribution in [-0.4, -0.2) is 24.5 Å². The highest BCUT2D eigenvalue weighted by Crippen LogP contribution is 2.20. The van der Waals surface area contributed by atoms with Crippen molar-refractivity contribution in [3.05, 3.63) is 47.8 Å². The summed E-state index contributed by atoms with van der Waals surface area (Å²) in [7, 11) is -4.22. The molecule has 9 heteroatoms. The Morgan fingerprint density at radius 2 is 1.95 bits per heavy atom. The molecule has 0 amide bonds. The summed E-state index contributed by atoms with van der Waals surface area (Å²) in [6.07, 6.45) is 0.934. The van der Waals surface area contributed by atoms with Crippen molar-refractivity contribution in [2.45, 2.75) is 4.90 Å². The molecule has 0 aliphatic rings. The van der Waals surface area contributed by atoms with Gasteiger partial charge in [-0.25, -0.2) is 22.0 Å². The molecule has 0 bridgehead atoms. The van der Waals surface area contributed by atoms with E-state index in [4.69, 9.17) is 5.11 Å². The number of benzene rings is 1. The summed E-state index contributed by atoms with van der Waals surface area (Å²) in [5.74, 6) is -3.11. The standard InChI is InChI=1S/C11H8F2N2O4S/c12-6-1-2-8(13)9(3-6)15-20(18,19)7-4-10(11(16)17)14-5-7/h1-5,14-15H,(H,16,17). The first-order valence-electron chi connectivity index (χ1n) is 5.19. The Morgan fingerprint density at radius 3 is 2.55 bits per heavy atom. The molecule has 3 N–H and O–H groups in total. The molecular weight excluding hydrogens is 294 g/mol. The van der Waals surface area contributed by atoms with Crippen LogP contribution >= 0.6 is 0 Å². The predicted octanol–water partition coefficient (Wildman–Crippen LogP) is 1.79. The van der Waals surface area contributed by atoms with Gasteiger partial charge in [0.2, 0.25) is 0 Å². The lowest BCUT2D eigenvalue weighted by Gasteiger charge is -2.07. The highest BCUT2D eigenvalue weighted by Gasteiger charge is 2.20. The molecule has 0 saturated carbocycles. The molecule has 6 nitrogen and oxygen atoms in total. The Balaban J connectivity index is 2.35. The van der Waals surface area contributed by atoms with Crippen molar-refractivity contribution in [3.63, 3.8) is 0 Å². The lowest BCUT2D eigenvalue weighted by molar-refractivity contribution is 0.0691. The van der Waals surface area contributed by atoms with Crippen LogP contribution in [0.15, 0.2) is 35.4 Å². The van der Waals surface area contributed by atoms with Crippen LogP contribution in [0.3, 0.4) is 0 Å². The van der Waals surface area contributed by atoms with E-state index in [-0.39, 0.29) is 5.69 Å². The molecule has 0 unspecified atom stereocenters. The zero-order valence-electron chi connectivity index (χ0n) is 9.72. The highest BCUT2D eigenvalue weighted by atomic mass is 32.2. The van der Waals surface area contributed by atoms with E-state index in [1.807, 2.05) is 4.72 Å². The smallest absolute Gasteiger partial charge is 0.352 e. The largest absolute Gasteiger partial charge is 0.477 e. The average molecular weight is 302 g/mol. The number of aromatic carboxylic acids is 1. The topological polar surface area (TPSA) is 99.3 Å². The van der Waals surface area contributed by atoms with Gasteiger partial charge in [-0.05, 0) is 18.2 Å². The minimum atomic E-state index is -4.22.